The molecule has 0 fully saturated rings. The van der Waals surface area contributed by atoms with Gasteiger partial charge in [0.1, 0.15) is 12.0 Å². The zero-order valence-electron chi connectivity index (χ0n) is 11.1. The quantitative estimate of drug-likeness (QED) is 0.773. The molecule has 0 amide bonds. The first-order valence-electron chi connectivity index (χ1n) is 6.33. The Bertz CT molecular complexity index is 724. The van der Waals surface area contributed by atoms with Crippen molar-refractivity contribution in [2.75, 3.05) is 11.1 Å². The van der Waals surface area contributed by atoms with E-state index >= 15 is 0 Å². The van der Waals surface area contributed by atoms with Crippen LogP contribution in [-0.2, 0) is 6.54 Å². The molecule has 3 aromatic rings. The predicted molar refractivity (Wildman–Crippen MR) is 82.3 cm³/mol. The molecule has 106 valence electrons. The lowest BCUT2D eigenvalue weighted by molar-refractivity contribution is 0.842. The number of nitrogens with zero attached hydrogens (tertiary/aromatic N) is 4. The Balaban J connectivity index is 1.80. The zero-order valence-corrected chi connectivity index (χ0v) is 11.8. The third kappa shape index (κ3) is 2.95. The summed E-state index contributed by atoms with van der Waals surface area (Å²) in [6.45, 7) is 0.594. The van der Waals surface area contributed by atoms with E-state index in [1.54, 1.807) is 17.1 Å². The highest BCUT2D eigenvalue weighted by atomic mass is 35.5. The van der Waals surface area contributed by atoms with Crippen LogP contribution < -0.4 is 11.1 Å². The molecule has 0 atom stereocenters. The predicted octanol–water partition coefficient (Wildman–Crippen LogP) is 2.51. The largest absolute Gasteiger partial charge is 0.393 e. The van der Waals surface area contributed by atoms with E-state index in [9.17, 15) is 0 Å². The lowest BCUT2D eigenvalue weighted by atomic mass is 10.2. The molecule has 0 unspecified atom stereocenters. The molecule has 1 aromatic carbocycles. The SMILES string of the molecule is Nc1c(NCc2ccc(Cl)cc2)ncnc1-n1cccn1. The van der Waals surface area contributed by atoms with E-state index in [4.69, 9.17) is 17.3 Å². The van der Waals surface area contributed by atoms with Crippen LogP contribution >= 0.6 is 11.6 Å². The third-order valence-corrected chi connectivity index (χ3v) is 3.21. The first-order chi connectivity index (χ1) is 10.2. The highest BCUT2D eigenvalue weighted by Crippen LogP contribution is 2.21. The molecule has 2 aromatic heterocycles. The summed E-state index contributed by atoms with van der Waals surface area (Å²) in [5.41, 5.74) is 7.63. The van der Waals surface area contributed by atoms with Crippen molar-refractivity contribution in [3.63, 3.8) is 0 Å². The summed E-state index contributed by atoms with van der Waals surface area (Å²) in [4.78, 5) is 8.32. The van der Waals surface area contributed by atoms with Crippen molar-refractivity contribution in [2.24, 2.45) is 0 Å². The fourth-order valence-electron chi connectivity index (χ4n) is 1.89. The zero-order chi connectivity index (χ0) is 14.7. The summed E-state index contributed by atoms with van der Waals surface area (Å²) in [7, 11) is 0. The maximum Gasteiger partial charge on any atom is 0.181 e. The molecule has 0 aliphatic carbocycles. The van der Waals surface area contributed by atoms with Gasteiger partial charge in [-0.05, 0) is 23.8 Å². The first-order valence-corrected chi connectivity index (χ1v) is 6.70. The highest BCUT2D eigenvalue weighted by molar-refractivity contribution is 6.30. The van der Waals surface area contributed by atoms with Crippen LogP contribution in [0.2, 0.25) is 5.02 Å². The number of anilines is 2. The van der Waals surface area contributed by atoms with Gasteiger partial charge in [0.25, 0.3) is 0 Å². The van der Waals surface area contributed by atoms with Crippen LogP contribution in [-0.4, -0.2) is 19.7 Å². The number of aromatic nitrogens is 4. The summed E-state index contributed by atoms with van der Waals surface area (Å²) >= 11 is 5.86. The van der Waals surface area contributed by atoms with Gasteiger partial charge in [0, 0.05) is 24.0 Å². The van der Waals surface area contributed by atoms with Crippen molar-refractivity contribution in [1.29, 1.82) is 0 Å². The Morgan fingerprint density at radius 2 is 2.00 bits per heavy atom. The van der Waals surface area contributed by atoms with Crippen LogP contribution in [0.5, 0.6) is 0 Å². The summed E-state index contributed by atoms with van der Waals surface area (Å²) in [5.74, 6) is 1.12. The number of hydrogen-bond donors (Lipinski definition) is 2. The average Bonchev–Trinajstić information content (AvgIpc) is 3.02. The third-order valence-electron chi connectivity index (χ3n) is 2.96. The molecule has 7 heteroatoms. The van der Waals surface area contributed by atoms with Crippen molar-refractivity contribution in [3.05, 3.63) is 59.6 Å². The number of hydrogen-bond acceptors (Lipinski definition) is 5. The molecule has 0 saturated heterocycles. The molecule has 0 aliphatic heterocycles. The minimum Gasteiger partial charge on any atom is -0.393 e. The second-order valence-electron chi connectivity index (χ2n) is 4.39. The maximum absolute atomic E-state index is 6.09. The molecule has 0 aliphatic rings. The Labute approximate surface area is 126 Å². The van der Waals surface area contributed by atoms with Crippen LogP contribution in [0, 0.1) is 0 Å². The Morgan fingerprint density at radius 1 is 1.19 bits per heavy atom. The molecule has 0 bridgehead atoms. The number of nitrogens with one attached hydrogen (secondary N) is 1. The number of rotatable bonds is 4. The topological polar surface area (TPSA) is 81.6 Å². The van der Waals surface area contributed by atoms with Gasteiger partial charge in [0.2, 0.25) is 0 Å². The van der Waals surface area contributed by atoms with Crippen molar-refractivity contribution in [2.45, 2.75) is 6.54 Å². The standard InChI is InChI=1S/C14H13ClN6/c15-11-4-2-10(3-5-11)8-17-13-12(16)14(19-9-18-13)21-7-1-6-20-21/h1-7,9H,8,16H2,(H,17,18,19). The molecule has 6 nitrogen and oxygen atoms in total. The summed E-state index contributed by atoms with van der Waals surface area (Å²) < 4.78 is 1.60. The normalized spacial score (nSPS) is 10.5. The molecule has 0 radical (unpaired) electrons. The lowest BCUT2D eigenvalue weighted by Gasteiger charge is -2.11. The summed E-state index contributed by atoms with van der Waals surface area (Å²) in [6, 6.07) is 9.39. The van der Waals surface area contributed by atoms with Gasteiger partial charge in [0.15, 0.2) is 11.6 Å². The number of benzene rings is 1. The monoisotopic (exact) mass is 300 g/mol. The van der Waals surface area contributed by atoms with Crippen LogP contribution in [0.4, 0.5) is 11.5 Å². The average molecular weight is 301 g/mol. The van der Waals surface area contributed by atoms with Gasteiger partial charge in [-0.2, -0.15) is 5.10 Å². The van der Waals surface area contributed by atoms with Crippen molar-refractivity contribution in [1.82, 2.24) is 19.7 Å². The van der Waals surface area contributed by atoms with Gasteiger partial charge in [-0.15, -0.1) is 0 Å². The summed E-state index contributed by atoms with van der Waals surface area (Å²) in [6.07, 6.45) is 4.90. The molecule has 0 spiro atoms. The molecular weight excluding hydrogens is 288 g/mol. The molecule has 21 heavy (non-hydrogen) atoms. The van der Waals surface area contributed by atoms with Crippen molar-refractivity contribution in [3.8, 4) is 5.82 Å². The molecule has 0 saturated carbocycles. The van der Waals surface area contributed by atoms with Crippen LogP contribution in [0.25, 0.3) is 5.82 Å². The minimum absolute atomic E-state index is 0.454. The van der Waals surface area contributed by atoms with E-state index in [-0.39, 0.29) is 0 Å². The van der Waals surface area contributed by atoms with E-state index in [0.29, 0.717) is 28.9 Å². The van der Waals surface area contributed by atoms with Crippen LogP contribution in [0.1, 0.15) is 5.56 Å². The van der Waals surface area contributed by atoms with Gasteiger partial charge in [-0.3, -0.25) is 0 Å². The van der Waals surface area contributed by atoms with E-state index in [0.717, 1.165) is 5.56 Å². The van der Waals surface area contributed by atoms with E-state index in [2.05, 4.69) is 20.4 Å². The second kappa shape index (κ2) is 5.80. The Kier molecular flexibility index (Phi) is 3.70. The first kappa shape index (κ1) is 13.4. The maximum atomic E-state index is 6.09. The van der Waals surface area contributed by atoms with Crippen molar-refractivity contribution >= 4 is 23.1 Å². The summed E-state index contributed by atoms with van der Waals surface area (Å²) in [5, 5.41) is 8.02. The lowest BCUT2D eigenvalue weighted by Crippen LogP contribution is -2.10. The molecule has 3 N–H and O–H groups in total. The van der Waals surface area contributed by atoms with Crippen molar-refractivity contribution < 1.29 is 0 Å². The number of nitrogens with two attached hydrogens (primary N) is 1. The van der Waals surface area contributed by atoms with Crippen LogP contribution in [0.15, 0.2) is 49.1 Å². The smallest absolute Gasteiger partial charge is 0.181 e. The fraction of sp³-hybridized carbons (Fsp3) is 0.0714. The molecule has 2 heterocycles. The van der Waals surface area contributed by atoms with Gasteiger partial charge in [0.05, 0.1) is 0 Å². The van der Waals surface area contributed by atoms with Gasteiger partial charge in [-0.25, -0.2) is 14.6 Å². The molecule has 3 rings (SSSR count). The van der Waals surface area contributed by atoms with Gasteiger partial charge < -0.3 is 11.1 Å². The second-order valence-corrected chi connectivity index (χ2v) is 4.83. The number of nitrogen functional groups attached to an aromatic ring is 1. The minimum atomic E-state index is 0.454. The number of halogens is 1. The van der Waals surface area contributed by atoms with E-state index < -0.39 is 0 Å². The van der Waals surface area contributed by atoms with E-state index in [1.807, 2.05) is 30.3 Å². The Morgan fingerprint density at radius 3 is 2.71 bits per heavy atom. The highest BCUT2D eigenvalue weighted by Gasteiger charge is 2.09. The van der Waals surface area contributed by atoms with Crippen LogP contribution in [0.3, 0.4) is 0 Å². The van der Waals surface area contributed by atoms with Gasteiger partial charge in [-0.1, -0.05) is 23.7 Å². The van der Waals surface area contributed by atoms with E-state index in [1.165, 1.54) is 6.33 Å². The fourth-order valence-corrected chi connectivity index (χ4v) is 2.02. The van der Waals surface area contributed by atoms with Gasteiger partial charge >= 0.3 is 0 Å². The molecular formula is C14H13ClN6. The Hall–Kier alpha value is -2.60.